The quantitative estimate of drug-likeness (QED) is 0.440. The summed E-state index contributed by atoms with van der Waals surface area (Å²) < 4.78 is 0. The molecule has 4 nitrogen and oxygen atoms in total. The number of amides is 1. The van der Waals surface area contributed by atoms with Gasteiger partial charge in [0.1, 0.15) is 0 Å². The van der Waals surface area contributed by atoms with Gasteiger partial charge >= 0.3 is 0 Å². The first-order valence-electron chi connectivity index (χ1n) is 9.83. The van der Waals surface area contributed by atoms with Gasteiger partial charge < -0.3 is 0 Å². The van der Waals surface area contributed by atoms with Gasteiger partial charge in [0, 0.05) is 17.0 Å². The second-order valence-electron chi connectivity index (χ2n) is 7.96. The number of benzene rings is 3. The number of nitrogens with zero attached hydrogens (tertiary/aromatic N) is 3. The van der Waals surface area contributed by atoms with Crippen LogP contribution in [0.1, 0.15) is 23.6 Å². The average molecular weight is 410 g/mol. The third kappa shape index (κ3) is 2.97. The standard InChI is InChI=1S/C25H19N3OS/c1-25(14-19-10-9-17(16-26)13-20(19)15-25)23(29)28(24-27-11-12-30-24)22-8-4-6-18-5-2-3-7-21(18)22/h2-13H,14-15H2,1H3. The second kappa shape index (κ2) is 7.08. The maximum Gasteiger partial charge on any atom is 0.239 e. The molecule has 146 valence electrons. The smallest absolute Gasteiger partial charge is 0.239 e. The Labute approximate surface area is 179 Å². The molecule has 5 rings (SSSR count). The third-order valence-corrected chi connectivity index (χ3v) is 6.59. The highest BCUT2D eigenvalue weighted by molar-refractivity contribution is 7.13. The van der Waals surface area contributed by atoms with Gasteiger partial charge in [-0.1, -0.05) is 49.4 Å². The molecule has 1 heterocycles. The number of fused-ring (bicyclic) bond motifs is 2. The molecule has 3 aromatic carbocycles. The Morgan fingerprint density at radius 2 is 1.90 bits per heavy atom. The number of rotatable bonds is 3. The molecule has 0 saturated carbocycles. The van der Waals surface area contributed by atoms with Gasteiger partial charge in [0.05, 0.1) is 22.7 Å². The zero-order valence-corrected chi connectivity index (χ0v) is 17.3. The summed E-state index contributed by atoms with van der Waals surface area (Å²) in [6.45, 7) is 2.02. The zero-order chi connectivity index (χ0) is 20.7. The van der Waals surface area contributed by atoms with Crippen LogP contribution in [-0.2, 0) is 17.6 Å². The van der Waals surface area contributed by atoms with Crippen molar-refractivity contribution in [1.82, 2.24) is 4.98 Å². The maximum absolute atomic E-state index is 14.1. The number of nitriles is 1. The fraction of sp³-hybridized carbons (Fsp3) is 0.160. The molecule has 1 aliphatic carbocycles. The largest absolute Gasteiger partial charge is 0.273 e. The maximum atomic E-state index is 14.1. The van der Waals surface area contributed by atoms with Crippen LogP contribution in [0.4, 0.5) is 10.8 Å². The predicted octanol–water partition coefficient (Wildman–Crippen LogP) is 5.64. The summed E-state index contributed by atoms with van der Waals surface area (Å²) >= 11 is 1.46. The predicted molar refractivity (Wildman–Crippen MR) is 120 cm³/mol. The van der Waals surface area contributed by atoms with Gasteiger partial charge in [0.25, 0.3) is 0 Å². The lowest BCUT2D eigenvalue weighted by molar-refractivity contribution is -0.126. The molecule has 1 unspecified atom stereocenters. The van der Waals surface area contributed by atoms with Crippen molar-refractivity contribution in [1.29, 1.82) is 5.26 Å². The molecule has 1 atom stereocenters. The summed E-state index contributed by atoms with van der Waals surface area (Å²) in [6.07, 6.45) is 3.00. The molecule has 0 fully saturated rings. The SMILES string of the molecule is CC1(C(=O)N(c2nccs2)c2cccc3ccccc23)Cc2ccc(C#N)cc2C1. The van der Waals surface area contributed by atoms with E-state index in [1.54, 1.807) is 11.1 Å². The Hall–Kier alpha value is -3.49. The fourth-order valence-electron chi connectivity index (χ4n) is 4.39. The molecule has 0 radical (unpaired) electrons. The molecule has 0 bridgehead atoms. The van der Waals surface area contributed by atoms with Crippen LogP contribution in [0.5, 0.6) is 0 Å². The van der Waals surface area contributed by atoms with Crippen LogP contribution in [0.2, 0.25) is 0 Å². The minimum Gasteiger partial charge on any atom is -0.273 e. The monoisotopic (exact) mass is 409 g/mol. The van der Waals surface area contributed by atoms with E-state index in [1.807, 2.05) is 60.8 Å². The highest BCUT2D eigenvalue weighted by Crippen LogP contribution is 2.43. The number of aromatic nitrogens is 1. The van der Waals surface area contributed by atoms with Crippen molar-refractivity contribution >= 4 is 38.8 Å². The fourth-order valence-corrected chi connectivity index (χ4v) is 5.04. The summed E-state index contributed by atoms with van der Waals surface area (Å²) in [5.74, 6) is 0.0310. The van der Waals surface area contributed by atoms with E-state index >= 15 is 0 Å². The first kappa shape index (κ1) is 18.5. The minimum absolute atomic E-state index is 0.0310. The molecule has 1 aliphatic rings. The normalized spacial score (nSPS) is 17.5. The zero-order valence-electron chi connectivity index (χ0n) is 16.5. The van der Waals surface area contributed by atoms with Gasteiger partial charge in [-0.2, -0.15) is 5.26 Å². The Morgan fingerprint density at radius 1 is 1.10 bits per heavy atom. The average Bonchev–Trinajstić information content (AvgIpc) is 3.41. The van der Waals surface area contributed by atoms with Gasteiger partial charge in [-0.3, -0.25) is 9.69 Å². The summed E-state index contributed by atoms with van der Waals surface area (Å²) in [6, 6.07) is 22.1. The number of hydrogen-bond donors (Lipinski definition) is 0. The number of anilines is 2. The minimum atomic E-state index is -0.598. The topological polar surface area (TPSA) is 57.0 Å². The van der Waals surface area contributed by atoms with Crippen LogP contribution in [0, 0.1) is 16.7 Å². The first-order chi connectivity index (χ1) is 14.6. The summed E-state index contributed by atoms with van der Waals surface area (Å²) in [5.41, 5.74) is 3.11. The van der Waals surface area contributed by atoms with Crippen molar-refractivity contribution in [3.05, 3.63) is 88.9 Å². The van der Waals surface area contributed by atoms with E-state index in [-0.39, 0.29) is 5.91 Å². The number of carbonyl (C=O) groups excluding carboxylic acids is 1. The molecule has 0 saturated heterocycles. The highest BCUT2D eigenvalue weighted by atomic mass is 32.1. The van der Waals surface area contributed by atoms with Crippen molar-refractivity contribution in [2.75, 3.05) is 4.90 Å². The van der Waals surface area contributed by atoms with E-state index in [1.165, 1.54) is 11.3 Å². The Kier molecular flexibility index (Phi) is 4.38. The Balaban J connectivity index is 1.61. The van der Waals surface area contributed by atoms with Crippen molar-refractivity contribution in [3.8, 4) is 6.07 Å². The number of carbonyl (C=O) groups is 1. The van der Waals surface area contributed by atoms with Gasteiger partial charge in [-0.15, -0.1) is 11.3 Å². The number of thiazole rings is 1. The van der Waals surface area contributed by atoms with Gasteiger partial charge in [0.15, 0.2) is 5.13 Å². The summed E-state index contributed by atoms with van der Waals surface area (Å²) in [7, 11) is 0. The summed E-state index contributed by atoms with van der Waals surface area (Å²) in [4.78, 5) is 20.3. The third-order valence-electron chi connectivity index (χ3n) is 5.83. The van der Waals surface area contributed by atoms with Crippen LogP contribution in [0.15, 0.2) is 72.2 Å². The van der Waals surface area contributed by atoms with E-state index in [2.05, 4.69) is 23.2 Å². The highest BCUT2D eigenvalue weighted by Gasteiger charge is 2.43. The molecular formula is C25H19N3OS. The molecule has 1 aromatic heterocycles. The molecule has 0 N–H and O–H groups in total. The molecule has 1 amide bonds. The van der Waals surface area contributed by atoms with Crippen LogP contribution >= 0.6 is 11.3 Å². The van der Waals surface area contributed by atoms with Gasteiger partial charge in [0.2, 0.25) is 5.91 Å². The lowest BCUT2D eigenvalue weighted by Gasteiger charge is -2.31. The van der Waals surface area contributed by atoms with Crippen LogP contribution in [0.3, 0.4) is 0 Å². The molecule has 0 aliphatic heterocycles. The molecular weight excluding hydrogens is 390 g/mol. The Bertz CT molecular complexity index is 1300. The second-order valence-corrected chi connectivity index (χ2v) is 8.84. The van der Waals surface area contributed by atoms with E-state index in [9.17, 15) is 10.1 Å². The van der Waals surface area contributed by atoms with Gasteiger partial charge in [-0.25, -0.2) is 4.98 Å². The summed E-state index contributed by atoms with van der Waals surface area (Å²) in [5, 5.41) is 13.9. The number of hydrogen-bond acceptors (Lipinski definition) is 4. The van der Waals surface area contributed by atoms with Gasteiger partial charge in [-0.05, 0) is 47.6 Å². The Morgan fingerprint density at radius 3 is 2.70 bits per heavy atom. The molecule has 0 spiro atoms. The van der Waals surface area contributed by atoms with Crippen molar-refractivity contribution < 1.29 is 4.79 Å². The molecule has 5 heteroatoms. The lowest BCUT2D eigenvalue weighted by Crippen LogP contribution is -2.40. The van der Waals surface area contributed by atoms with E-state index in [0.717, 1.165) is 27.6 Å². The van der Waals surface area contributed by atoms with Crippen molar-refractivity contribution in [3.63, 3.8) is 0 Å². The van der Waals surface area contributed by atoms with Crippen LogP contribution < -0.4 is 4.90 Å². The molecule has 4 aromatic rings. The van der Waals surface area contributed by atoms with E-state index < -0.39 is 5.41 Å². The van der Waals surface area contributed by atoms with E-state index in [4.69, 9.17) is 0 Å². The van der Waals surface area contributed by atoms with Crippen LogP contribution in [0.25, 0.3) is 10.8 Å². The lowest BCUT2D eigenvalue weighted by atomic mass is 9.85. The van der Waals surface area contributed by atoms with Crippen LogP contribution in [-0.4, -0.2) is 10.9 Å². The van der Waals surface area contributed by atoms with Crippen molar-refractivity contribution in [2.45, 2.75) is 19.8 Å². The first-order valence-corrected chi connectivity index (χ1v) is 10.7. The van der Waals surface area contributed by atoms with Crippen molar-refractivity contribution in [2.24, 2.45) is 5.41 Å². The van der Waals surface area contributed by atoms with E-state index in [0.29, 0.717) is 23.5 Å². The molecule has 30 heavy (non-hydrogen) atoms.